The maximum Gasteiger partial charge on any atom is 0.273 e. The minimum absolute atomic E-state index is 0.553. The molecule has 0 bridgehead atoms. The Bertz CT molecular complexity index is 232. The van der Waals surface area contributed by atoms with E-state index >= 15 is 0 Å². The summed E-state index contributed by atoms with van der Waals surface area (Å²) in [7, 11) is 0. The van der Waals surface area contributed by atoms with Crippen molar-refractivity contribution in [3.8, 4) is 5.19 Å². The van der Waals surface area contributed by atoms with Crippen LogP contribution in [0.5, 0.6) is 5.19 Å². The molecule has 0 N–H and O–H groups in total. The minimum Gasteiger partial charge on any atom is -0.470 e. The Kier molecular flexibility index (Phi) is 3.16. The van der Waals surface area contributed by atoms with Crippen LogP contribution in [0.15, 0.2) is 11.6 Å². The van der Waals surface area contributed by atoms with E-state index < -0.39 is 0 Å². The molecule has 4 heteroatoms. The van der Waals surface area contributed by atoms with Crippen molar-refractivity contribution in [2.24, 2.45) is 5.92 Å². The third kappa shape index (κ3) is 2.67. The standard InChI is InChI=1S/C9H13NO2S/c1-2-8(6-11-4-1)7-12-9-10-3-5-13-9/h3,5,8H,1-2,4,6-7H2. The molecule has 1 saturated heterocycles. The van der Waals surface area contributed by atoms with Gasteiger partial charge in [0.2, 0.25) is 0 Å². The van der Waals surface area contributed by atoms with Crippen LogP contribution in [0.4, 0.5) is 0 Å². The molecule has 0 aliphatic carbocycles. The summed E-state index contributed by atoms with van der Waals surface area (Å²) >= 11 is 1.54. The first-order valence-electron chi connectivity index (χ1n) is 4.55. The predicted molar refractivity (Wildman–Crippen MR) is 51.2 cm³/mol. The third-order valence-corrected chi connectivity index (χ3v) is 2.79. The number of ether oxygens (including phenoxy) is 2. The monoisotopic (exact) mass is 199 g/mol. The van der Waals surface area contributed by atoms with Gasteiger partial charge in [0.15, 0.2) is 0 Å². The van der Waals surface area contributed by atoms with Crippen LogP contribution in [0.25, 0.3) is 0 Å². The molecular weight excluding hydrogens is 186 g/mol. The van der Waals surface area contributed by atoms with E-state index in [0.717, 1.165) is 31.4 Å². The summed E-state index contributed by atoms with van der Waals surface area (Å²) in [6.45, 7) is 2.49. The molecule has 0 radical (unpaired) electrons. The Balaban J connectivity index is 1.72. The molecule has 1 atom stereocenters. The summed E-state index contributed by atoms with van der Waals surface area (Å²) in [4.78, 5) is 4.06. The fraction of sp³-hybridized carbons (Fsp3) is 0.667. The number of hydrogen-bond donors (Lipinski definition) is 0. The molecule has 13 heavy (non-hydrogen) atoms. The molecule has 1 aromatic rings. The topological polar surface area (TPSA) is 31.4 Å². The second-order valence-electron chi connectivity index (χ2n) is 3.19. The van der Waals surface area contributed by atoms with Crippen molar-refractivity contribution in [1.82, 2.24) is 4.98 Å². The highest BCUT2D eigenvalue weighted by atomic mass is 32.1. The maximum absolute atomic E-state index is 5.51. The van der Waals surface area contributed by atoms with Crippen LogP contribution in [-0.2, 0) is 4.74 Å². The smallest absolute Gasteiger partial charge is 0.273 e. The van der Waals surface area contributed by atoms with Gasteiger partial charge in [-0.05, 0) is 12.8 Å². The highest BCUT2D eigenvalue weighted by molar-refractivity contribution is 7.11. The zero-order valence-electron chi connectivity index (χ0n) is 7.44. The average molecular weight is 199 g/mol. The molecule has 1 fully saturated rings. The van der Waals surface area contributed by atoms with Crippen LogP contribution in [0.1, 0.15) is 12.8 Å². The SMILES string of the molecule is c1csc(OCC2CCCOC2)n1. The first-order chi connectivity index (χ1) is 6.45. The molecule has 0 spiro atoms. The van der Waals surface area contributed by atoms with Gasteiger partial charge >= 0.3 is 0 Å². The van der Waals surface area contributed by atoms with Crippen molar-refractivity contribution in [1.29, 1.82) is 0 Å². The van der Waals surface area contributed by atoms with Gasteiger partial charge < -0.3 is 9.47 Å². The fourth-order valence-corrected chi connectivity index (χ4v) is 1.91. The maximum atomic E-state index is 5.51. The van der Waals surface area contributed by atoms with E-state index in [1.165, 1.54) is 17.8 Å². The summed E-state index contributed by atoms with van der Waals surface area (Å²) in [5.74, 6) is 0.553. The number of aromatic nitrogens is 1. The lowest BCUT2D eigenvalue weighted by Crippen LogP contribution is -2.23. The molecule has 0 saturated carbocycles. The molecule has 2 heterocycles. The molecule has 2 rings (SSSR count). The van der Waals surface area contributed by atoms with E-state index in [0.29, 0.717) is 5.92 Å². The van der Waals surface area contributed by atoms with Gasteiger partial charge in [-0.15, -0.1) is 0 Å². The Morgan fingerprint density at radius 2 is 2.69 bits per heavy atom. The average Bonchev–Trinajstić information content (AvgIpc) is 2.69. The van der Waals surface area contributed by atoms with Gasteiger partial charge in [0.25, 0.3) is 5.19 Å². The van der Waals surface area contributed by atoms with Gasteiger partial charge in [-0.2, -0.15) is 0 Å². The molecule has 1 aliphatic heterocycles. The van der Waals surface area contributed by atoms with Gasteiger partial charge in [0, 0.05) is 24.1 Å². The Morgan fingerprint density at radius 1 is 1.69 bits per heavy atom. The van der Waals surface area contributed by atoms with Crippen LogP contribution in [-0.4, -0.2) is 24.8 Å². The van der Waals surface area contributed by atoms with E-state index in [1.807, 2.05) is 5.38 Å². The zero-order valence-corrected chi connectivity index (χ0v) is 8.26. The second kappa shape index (κ2) is 4.58. The number of thiazole rings is 1. The molecule has 1 aliphatic rings. The number of rotatable bonds is 3. The normalized spacial score (nSPS) is 22.9. The first kappa shape index (κ1) is 8.97. The zero-order chi connectivity index (χ0) is 8.93. The van der Waals surface area contributed by atoms with Crippen LogP contribution in [0, 0.1) is 5.92 Å². The van der Waals surface area contributed by atoms with Gasteiger partial charge in [0.1, 0.15) is 0 Å². The van der Waals surface area contributed by atoms with E-state index in [9.17, 15) is 0 Å². The second-order valence-corrected chi connectivity index (χ2v) is 4.05. The van der Waals surface area contributed by atoms with Crippen LogP contribution in [0.2, 0.25) is 0 Å². The van der Waals surface area contributed by atoms with E-state index in [2.05, 4.69) is 4.98 Å². The van der Waals surface area contributed by atoms with Crippen molar-refractivity contribution >= 4 is 11.3 Å². The molecule has 0 aromatic carbocycles. The lowest BCUT2D eigenvalue weighted by atomic mass is 10.0. The van der Waals surface area contributed by atoms with Crippen LogP contribution >= 0.6 is 11.3 Å². The van der Waals surface area contributed by atoms with Crippen LogP contribution in [0.3, 0.4) is 0 Å². The molecule has 72 valence electrons. The van der Waals surface area contributed by atoms with Gasteiger partial charge in [0.05, 0.1) is 13.2 Å². The van der Waals surface area contributed by atoms with Crippen molar-refractivity contribution < 1.29 is 9.47 Å². The summed E-state index contributed by atoms with van der Waals surface area (Å²) in [5.41, 5.74) is 0. The summed E-state index contributed by atoms with van der Waals surface area (Å²) in [6.07, 6.45) is 4.13. The van der Waals surface area contributed by atoms with Crippen molar-refractivity contribution in [2.45, 2.75) is 12.8 Å². The lowest BCUT2D eigenvalue weighted by Gasteiger charge is -2.21. The van der Waals surface area contributed by atoms with Gasteiger partial charge in [-0.3, -0.25) is 0 Å². The van der Waals surface area contributed by atoms with Crippen molar-refractivity contribution in [2.75, 3.05) is 19.8 Å². The molecule has 3 nitrogen and oxygen atoms in total. The highest BCUT2D eigenvalue weighted by Crippen LogP contribution is 2.18. The molecule has 1 unspecified atom stereocenters. The number of nitrogens with zero attached hydrogens (tertiary/aromatic N) is 1. The lowest BCUT2D eigenvalue weighted by molar-refractivity contribution is 0.0351. The van der Waals surface area contributed by atoms with Crippen molar-refractivity contribution in [3.63, 3.8) is 0 Å². The van der Waals surface area contributed by atoms with Crippen molar-refractivity contribution in [3.05, 3.63) is 11.6 Å². The minimum atomic E-state index is 0.553. The van der Waals surface area contributed by atoms with Gasteiger partial charge in [-0.1, -0.05) is 11.3 Å². The predicted octanol–water partition coefficient (Wildman–Crippen LogP) is 1.95. The summed E-state index contributed by atoms with van der Waals surface area (Å²) < 4.78 is 10.9. The fourth-order valence-electron chi connectivity index (χ4n) is 1.41. The Labute approximate surface area is 81.7 Å². The van der Waals surface area contributed by atoms with E-state index in [1.54, 1.807) is 6.20 Å². The third-order valence-electron chi connectivity index (χ3n) is 2.11. The van der Waals surface area contributed by atoms with E-state index in [4.69, 9.17) is 9.47 Å². The summed E-state index contributed by atoms with van der Waals surface area (Å²) in [6, 6.07) is 0. The first-order valence-corrected chi connectivity index (χ1v) is 5.43. The number of hydrogen-bond acceptors (Lipinski definition) is 4. The summed E-state index contributed by atoms with van der Waals surface area (Å²) in [5, 5.41) is 2.69. The Hall–Kier alpha value is -0.610. The molecule has 1 aromatic heterocycles. The van der Waals surface area contributed by atoms with Crippen LogP contribution < -0.4 is 4.74 Å². The van der Waals surface area contributed by atoms with Gasteiger partial charge in [-0.25, -0.2) is 4.98 Å². The Morgan fingerprint density at radius 3 is 3.38 bits per heavy atom. The largest absolute Gasteiger partial charge is 0.470 e. The highest BCUT2D eigenvalue weighted by Gasteiger charge is 2.14. The quantitative estimate of drug-likeness (QED) is 0.745. The van der Waals surface area contributed by atoms with E-state index in [-0.39, 0.29) is 0 Å². The molecule has 0 amide bonds. The molecular formula is C9H13NO2S.